The molecule has 0 atom stereocenters. The summed E-state index contributed by atoms with van der Waals surface area (Å²) in [6, 6.07) is 13.1. The summed E-state index contributed by atoms with van der Waals surface area (Å²) in [5.74, 6) is 0.830. The summed E-state index contributed by atoms with van der Waals surface area (Å²) in [6.45, 7) is 2.60. The van der Waals surface area contributed by atoms with Gasteiger partial charge in [-0.25, -0.2) is 0 Å². The summed E-state index contributed by atoms with van der Waals surface area (Å²) >= 11 is 0. The average Bonchev–Trinajstić information content (AvgIpc) is 2.34. The highest BCUT2D eigenvalue weighted by molar-refractivity contribution is 5.75. The summed E-state index contributed by atoms with van der Waals surface area (Å²) in [5.41, 5.74) is 14.6. The van der Waals surface area contributed by atoms with E-state index in [4.69, 9.17) is 16.2 Å². The third kappa shape index (κ3) is 2.85. The first-order chi connectivity index (χ1) is 8.69. The molecule has 0 aliphatic rings. The van der Waals surface area contributed by atoms with Gasteiger partial charge in [0.2, 0.25) is 0 Å². The van der Waals surface area contributed by atoms with Crippen LogP contribution in [0.4, 0.5) is 22.7 Å². The van der Waals surface area contributed by atoms with E-state index in [9.17, 15) is 0 Å². The molecule has 18 heavy (non-hydrogen) atoms. The zero-order valence-corrected chi connectivity index (χ0v) is 10.3. The van der Waals surface area contributed by atoms with Crippen LogP contribution in [-0.2, 0) is 0 Å². The van der Waals surface area contributed by atoms with Crippen molar-refractivity contribution in [3.05, 3.63) is 42.5 Å². The Morgan fingerprint density at radius 2 is 1.94 bits per heavy atom. The Morgan fingerprint density at radius 3 is 2.67 bits per heavy atom. The Balaban J connectivity index is 2.20. The van der Waals surface area contributed by atoms with E-state index in [0.29, 0.717) is 18.0 Å². The summed E-state index contributed by atoms with van der Waals surface area (Å²) in [6.07, 6.45) is 0. The lowest BCUT2D eigenvalue weighted by Gasteiger charge is -2.11. The summed E-state index contributed by atoms with van der Waals surface area (Å²) in [4.78, 5) is 0. The van der Waals surface area contributed by atoms with Crippen LogP contribution in [0.1, 0.15) is 6.92 Å². The van der Waals surface area contributed by atoms with Crippen LogP contribution >= 0.6 is 0 Å². The van der Waals surface area contributed by atoms with Crippen molar-refractivity contribution in [3.8, 4) is 5.75 Å². The van der Waals surface area contributed by atoms with E-state index in [1.54, 1.807) is 6.07 Å². The molecule has 0 aliphatic heterocycles. The zero-order chi connectivity index (χ0) is 13.0. The van der Waals surface area contributed by atoms with E-state index in [1.807, 2.05) is 43.3 Å². The van der Waals surface area contributed by atoms with Crippen molar-refractivity contribution >= 4 is 22.7 Å². The molecule has 2 rings (SSSR count). The predicted octanol–water partition coefficient (Wildman–Crippen LogP) is 2.99. The Morgan fingerprint density at radius 1 is 1.11 bits per heavy atom. The molecule has 0 bridgehead atoms. The molecule has 2 aromatic carbocycles. The quantitative estimate of drug-likeness (QED) is 0.722. The predicted molar refractivity (Wildman–Crippen MR) is 76.2 cm³/mol. The molecule has 0 aliphatic carbocycles. The van der Waals surface area contributed by atoms with Crippen LogP contribution in [0.25, 0.3) is 0 Å². The third-order valence-corrected chi connectivity index (χ3v) is 2.50. The van der Waals surface area contributed by atoms with Crippen LogP contribution in [0.3, 0.4) is 0 Å². The van der Waals surface area contributed by atoms with Gasteiger partial charge in [0, 0.05) is 17.4 Å². The first kappa shape index (κ1) is 12.1. The van der Waals surface area contributed by atoms with Crippen LogP contribution in [0.2, 0.25) is 0 Å². The molecular formula is C14H17N3O. The Hall–Kier alpha value is -2.36. The van der Waals surface area contributed by atoms with Crippen LogP contribution in [0.5, 0.6) is 5.75 Å². The molecule has 0 radical (unpaired) electrons. The van der Waals surface area contributed by atoms with Gasteiger partial charge in [0.15, 0.2) is 0 Å². The fraction of sp³-hybridized carbons (Fsp3) is 0.143. The molecule has 0 heterocycles. The minimum Gasteiger partial charge on any atom is -0.494 e. The van der Waals surface area contributed by atoms with Crippen LogP contribution < -0.4 is 21.5 Å². The molecule has 0 amide bonds. The van der Waals surface area contributed by atoms with Crippen molar-refractivity contribution in [2.45, 2.75) is 6.92 Å². The van der Waals surface area contributed by atoms with Gasteiger partial charge in [-0.05, 0) is 37.3 Å². The standard InChI is InChI=1S/C14H17N3O/c1-2-18-12-5-3-4-11(9-12)17-14-7-6-10(15)8-13(14)16/h3-9,17H,2,15-16H2,1H3. The van der Waals surface area contributed by atoms with E-state index in [1.165, 1.54) is 0 Å². The van der Waals surface area contributed by atoms with Gasteiger partial charge < -0.3 is 21.5 Å². The van der Waals surface area contributed by atoms with E-state index >= 15 is 0 Å². The minimum absolute atomic E-state index is 0.622. The topological polar surface area (TPSA) is 73.3 Å². The summed E-state index contributed by atoms with van der Waals surface area (Å²) in [7, 11) is 0. The SMILES string of the molecule is CCOc1cccc(Nc2ccc(N)cc2N)c1. The number of hydrogen-bond acceptors (Lipinski definition) is 4. The Kier molecular flexibility index (Phi) is 3.57. The third-order valence-electron chi connectivity index (χ3n) is 2.50. The van der Waals surface area contributed by atoms with Gasteiger partial charge >= 0.3 is 0 Å². The van der Waals surface area contributed by atoms with E-state index in [0.717, 1.165) is 17.1 Å². The number of rotatable bonds is 4. The Labute approximate surface area is 107 Å². The van der Waals surface area contributed by atoms with Gasteiger partial charge in [0.05, 0.1) is 18.0 Å². The maximum Gasteiger partial charge on any atom is 0.121 e. The number of nitrogens with two attached hydrogens (primary N) is 2. The van der Waals surface area contributed by atoms with Crippen molar-refractivity contribution in [2.24, 2.45) is 0 Å². The maximum atomic E-state index is 5.89. The molecule has 0 fully saturated rings. The fourth-order valence-corrected chi connectivity index (χ4v) is 1.68. The first-order valence-electron chi connectivity index (χ1n) is 5.84. The molecule has 0 aromatic heterocycles. The average molecular weight is 243 g/mol. The van der Waals surface area contributed by atoms with Gasteiger partial charge in [-0.15, -0.1) is 0 Å². The number of nitrogen functional groups attached to an aromatic ring is 2. The molecule has 5 N–H and O–H groups in total. The largest absolute Gasteiger partial charge is 0.494 e. The number of anilines is 4. The molecule has 0 saturated heterocycles. The lowest BCUT2D eigenvalue weighted by atomic mass is 10.2. The van der Waals surface area contributed by atoms with E-state index in [2.05, 4.69) is 5.32 Å². The first-order valence-corrected chi connectivity index (χ1v) is 5.84. The lowest BCUT2D eigenvalue weighted by molar-refractivity contribution is 0.340. The molecular weight excluding hydrogens is 226 g/mol. The number of ether oxygens (including phenoxy) is 1. The molecule has 4 nitrogen and oxygen atoms in total. The van der Waals surface area contributed by atoms with Crippen molar-refractivity contribution in [3.63, 3.8) is 0 Å². The molecule has 2 aromatic rings. The van der Waals surface area contributed by atoms with Gasteiger partial charge in [-0.3, -0.25) is 0 Å². The Bertz CT molecular complexity index is 540. The minimum atomic E-state index is 0.622. The van der Waals surface area contributed by atoms with Gasteiger partial charge in [0.1, 0.15) is 5.75 Å². The van der Waals surface area contributed by atoms with Crippen LogP contribution in [-0.4, -0.2) is 6.61 Å². The molecule has 94 valence electrons. The van der Waals surface area contributed by atoms with Crippen LogP contribution in [0.15, 0.2) is 42.5 Å². The highest BCUT2D eigenvalue weighted by atomic mass is 16.5. The molecule has 4 heteroatoms. The van der Waals surface area contributed by atoms with Crippen molar-refractivity contribution < 1.29 is 4.74 Å². The normalized spacial score (nSPS) is 10.1. The molecule has 0 unspecified atom stereocenters. The molecule has 0 saturated carbocycles. The van der Waals surface area contributed by atoms with Crippen LogP contribution in [0, 0.1) is 0 Å². The van der Waals surface area contributed by atoms with E-state index < -0.39 is 0 Å². The summed E-state index contributed by atoms with van der Waals surface area (Å²) < 4.78 is 5.44. The zero-order valence-electron chi connectivity index (χ0n) is 10.3. The van der Waals surface area contributed by atoms with E-state index in [-0.39, 0.29) is 0 Å². The lowest BCUT2D eigenvalue weighted by Crippen LogP contribution is -1.98. The van der Waals surface area contributed by atoms with Crippen molar-refractivity contribution in [1.29, 1.82) is 0 Å². The van der Waals surface area contributed by atoms with Crippen molar-refractivity contribution in [2.75, 3.05) is 23.4 Å². The maximum absolute atomic E-state index is 5.89. The molecule has 0 spiro atoms. The van der Waals surface area contributed by atoms with Crippen molar-refractivity contribution in [1.82, 2.24) is 0 Å². The number of hydrogen-bond donors (Lipinski definition) is 3. The monoisotopic (exact) mass is 243 g/mol. The number of benzene rings is 2. The number of nitrogens with one attached hydrogen (secondary N) is 1. The highest BCUT2D eigenvalue weighted by Gasteiger charge is 2.01. The fourth-order valence-electron chi connectivity index (χ4n) is 1.68. The highest BCUT2D eigenvalue weighted by Crippen LogP contribution is 2.26. The smallest absolute Gasteiger partial charge is 0.121 e. The van der Waals surface area contributed by atoms with Gasteiger partial charge in [0.25, 0.3) is 0 Å². The second-order valence-electron chi connectivity index (χ2n) is 3.93. The summed E-state index contributed by atoms with van der Waals surface area (Å²) in [5, 5.41) is 3.24. The van der Waals surface area contributed by atoms with Gasteiger partial charge in [-0.2, -0.15) is 0 Å². The second kappa shape index (κ2) is 5.31. The van der Waals surface area contributed by atoms with Gasteiger partial charge in [-0.1, -0.05) is 6.07 Å². The second-order valence-corrected chi connectivity index (χ2v) is 3.93.